The lowest BCUT2D eigenvalue weighted by Gasteiger charge is -2.08. The lowest BCUT2D eigenvalue weighted by Crippen LogP contribution is -2.13. The van der Waals surface area contributed by atoms with E-state index in [9.17, 15) is 0 Å². The van der Waals surface area contributed by atoms with Gasteiger partial charge in [-0.15, -0.1) is 0 Å². The fourth-order valence-corrected chi connectivity index (χ4v) is 1.14. The van der Waals surface area contributed by atoms with Crippen molar-refractivity contribution in [2.75, 3.05) is 13.2 Å². The van der Waals surface area contributed by atoms with E-state index in [0.29, 0.717) is 5.92 Å². The first-order valence-electron chi connectivity index (χ1n) is 5.51. The molecule has 0 fully saturated rings. The van der Waals surface area contributed by atoms with Gasteiger partial charge in [-0.2, -0.15) is 0 Å². The van der Waals surface area contributed by atoms with Gasteiger partial charge in [0.2, 0.25) is 5.88 Å². The number of rotatable bonds is 6. The molecule has 0 aliphatic carbocycles. The number of nitrogens with zero attached hydrogens (tertiary/aromatic N) is 1. The van der Waals surface area contributed by atoms with Crippen molar-refractivity contribution >= 4 is 0 Å². The van der Waals surface area contributed by atoms with Gasteiger partial charge in [0.05, 0.1) is 12.3 Å². The normalized spacial score (nSPS) is 10.7. The van der Waals surface area contributed by atoms with E-state index in [4.69, 9.17) is 4.74 Å². The van der Waals surface area contributed by atoms with E-state index in [1.165, 1.54) is 0 Å². The van der Waals surface area contributed by atoms with Crippen LogP contribution in [0.4, 0.5) is 0 Å². The molecule has 0 radical (unpaired) electrons. The molecule has 0 atom stereocenters. The summed E-state index contributed by atoms with van der Waals surface area (Å²) in [4.78, 5) is 4.40. The average Bonchev–Trinajstić information content (AvgIpc) is 2.24. The van der Waals surface area contributed by atoms with E-state index in [1.807, 2.05) is 18.2 Å². The summed E-state index contributed by atoms with van der Waals surface area (Å²) < 4.78 is 5.55. The Morgan fingerprint density at radius 1 is 1.40 bits per heavy atom. The highest BCUT2D eigenvalue weighted by molar-refractivity contribution is 5.15. The Hall–Kier alpha value is -1.09. The Labute approximate surface area is 91.9 Å². The summed E-state index contributed by atoms with van der Waals surface area (Å²) in [7, 11) is 0. The topological polar surface area (TPSA) is 34.1 Å². The maximum Gasteiger partial charge on any atom is 0.213 e. The molecule has 15 heavy (non-hydrogen) atoms. The Balaban J connectivity index is 2.50. The minimum Gasteiger partial charge on any atom is -0.477 e. The van der Waals surface area contributed by atoms with Crippen molar-refractivity contribution in [3.05, 3.63) is 23.9 Å². The van der Waals surface area contributed by atoms with Crippen molar-refractivity contribution in [3.63, 3.8) is 0 Å². The highest BCUT2D eigenvalue weighted by Crippen LogP contribution is 2.08. The molecule has 1 rings (SSSR count). The molecular weight excluding hydrogens is 188 g/mol. The quantitative estimate of drug-likeness (QED) is 0.778. The van der Waals surface area contributed by atoms with Gasteiger partial charge in [0.1, 0.15) is 0 Å². The number of aromatic nitrogens is 1. The van der Waals surface area contributed by atoms with Crippen LogP contribution in [0.1, 0.15) is 26.5 Å². The third-order valence-corrected chi connectivity index (χ3v) is 1.90. The SMILES string of the molecule is CCNCc1cccc(OCC(C)C)n1. The molecule has 0 bridgehead atoms. The lowest BCUT2D eigenvalue weighted by molar-refractivity contribution is 0.260. The molecule has 3 nitrogen and oxygen atoms in total. The molecule has 0 spiro atoms. The number of pyridine rings is 1. The van der Waals surface area contributed by atoms with Crippen LogP contribution in [0, 0.1) is 5.92 Å². The first-order valence-corrected chi connectivity index (χ1v) is 5.51. The maximum absolute atomic E-state index is 5.55. The molecule has 0 unspecified atom stereocenters. The standard InChI is InChI=1S/C12H20N2O/c1-4-13-8-11-6-5-7-12(14-11)15-9-10(2)3/h5-7,10,13H,4,8-9H2,1-3H3. The van der Waals surface area contributed by atoms with Gasteiger partial charge in [0.25, 0.3) is 0 Å². The van der Waals surface area contributed by atoms with Crippen molar-refractivity contribution in [1.82, 2.24) is 10.3 Å². The predicted molar refractivity (Wildman–Crippen MR) is 62.0 cm³/mol. The highest BCUT2D eigenvalue weighted by Gasteiger charge is 1.99. The zero-order valence-electron chi connectivity index (χ0n) is 9.79. The van der Waals surface area contributed by atoms with Crippen LogP contribution >= 0.6 is 0 Å². The summed E-state index contributed by atoms with van der Waals surface area (Å²) in [5.74, 6) is 1.25. The van der Waals surface area contributed by atoms with Crippen LogP contribution in [-0.4, -0.2) is 18.1 Å². The summed E-state index contributed by atoms with van der Waals surface area (Å²) in [6, 6.07) is 5.89. The third kappa shape index (κ3) is 4.79. The fraction of sp³-hybridized carbons (Fsp3) is 0.583. The second-order valence-electron chi connectivity index (χ2n) is 3.95. The van der Waals surface area contributed by atoms with Crippen molar-refractivity contribution in [1.29, 1.82) is 0 Å². The van der Waals surface area contributed by atoms with Crippen LogP contribution in [0.15, 0.2) is 18.2 Å². The molecule has 1 heterocycles. The van der Waals surface area contributed by atoms with Crippen molar-refractivity contribution in [3.8, 4) is 5.88 Å². The van der Waals surface area contributed by atoms with Crippen LogP contribution in [-0.2, 0) is 6.54 Å². The average molecular weight is 208 g/mol. The molecule has 0 aliphatic heterocycles. The minimum atomic E-state index is 0.532. The molecule has 1 aromatic rings. The lowest BCUT2D eigenvalue weighted by atomic mass is 10.2. The number of ether oxygens (including phenoxy) is 1. The van der Waals surface area contributed by atoms with Gasteiger partial charge in [0, 0.05) is 12.6 Å². The van der Waals surface area contributed by atoms with E-state index >= 15 is 0 Å². The van der Waals surface area contributed by atoms with E-state index in [1.54, 1.807) is 0 Å². The first-order chi connectivity index (χ1) is 7.22. The van der Waals surface area contributed by atoms with Gasteiger partial charge < -0.3 is 10.1 Å². The summed E-state index contributed by atoms with van der Waals surface area (Å²) in [6.45, 7) is 8.82. The second-order valence-corrected chi connectivity index (χ2v) is 3.95. The highest BCUT2D eigenvalue weighted by atomic mass is 16.5. The van der Waals surface area contributed by atoms with Gasteiger partial charge >= 0.3 is 0 Å². The fourth-order valence-electron chi connectivity index (χ4n) is 1.14. The zero-order valence-corrected chi connectivity index (χ0v) is 9.79. The largest absolute Gasteiger partial charge is 0.477 e. The number of nitrogens with one attached hydrogen (secondary N) is 1. The minimum absolute atomic E-state index is 0.532. The maximum atomic E-state index is 5.55. The summed E-state index contributed by atoms with van der Waals surface area (Å²) in [5, 5.41) is 3.24. The summed E-state index contributed by atoms with van der Waals surface area (Å²) >= 11 is 0. The summed E-state index contributed by atoms with van der Waals surface area (Å²) in [5.41, 5.74) is 1.03. The van der Waals surface area contributed by atoms with Gasteiger partial charge in [-0.25, -0.2) is 4.98 Å². The molecule has 1 aromatic heterocycles. The Bertz CT molecular complexity index is 287. The van der Waals surface area contributed by atoms with E-state index < -0.39 is 0 Å². The molecule has 84 valence electrons. The molecular formula is C12H20N2O. The monoisotopic (exact) mass is 208 g/mol. The van der Waals surface area contributed by atoms with E-state index in [-0.39, 0.29) is 0 Å². The Morgan fingerprint density at radius 3 is 2.87 bits per heavy atom. The van der Waals surface area contributed by atoms with Crippen LogP contribution in [0.25, 0.3) is 0 Å². The van der Waals surface area contributed by atoms with E-state index in [0.717, 1.165) is 31.3 Å². The van der Waals surface area contributed by atoms with Gasteiger partial charge in [-0.3, -0.25) is 0 Å². The van der Waals surface area contributed by atoms with Crippen LogP contribution < -0.4 is 10.1 Å². The molecule has 1 N–H and O–H groups in total. The van der Waals surface area contributed by atoms with Gasteiger partial charge in [-0.1, -0.05) is 26.8 Å². The number of hydrogen-bond acceptors (Lipinski definition) is 3. The zero-order chi connectivity index (χ0) is 11.1. The predicted octanol–water partition coefficient (Wildman–Crippen LogP) is 2.23. The van der Waals surface area contributed by atoms with Gasteiger partial charge in [0.15, 0.2) is 0 Å². The smallest absolute Gasteiger partial charge is 0.213 e. The van der Waals surface area contributed by atoms with Crippen molar-refractivity contribution in [2.45, 2.75) is 27.3 Å². The van der Waals surface area contributed by atoms with Crippen LogP contribution in [0.2, 0.25) is 0 Å². The summed E-state index contributed by atoms with van der Waals surface area (Å²) in [6.07, 6.45) is 0. The second kappa shape index (κ2) is 6.40. The van der Waals surface area contributed by atoms with Gasteiger partial charge in [-0.05, 0) is 18.5 Å². The first kappa shape index (κ1) is 12.0. The van der Waals surface area contributed by atoms with Crippen molar-refractivity contribution in [2.24, 2.45) is 5.92 Å². The Kier molecular flexibility index (Phi) is 5.12. The molecule has 0 amide bonds. The molecule has 0 aliphatic rings. The molecule has 0 saturated carbocycles. The van der Waals surface area contributed by atoms with E-state index in [2.05, 4.69) is 31.1 Å². The third-order valence-electron chi connectivity index (χ3n) is 1.90. The Morgan fingerprint density at radius 2 is 2.20 bits per heavy atom. The van der Waals surface area contributed by atoms with Crippen LogP contribution in [0.5, 0.6) is 5.88 Å². The molecule has 0 aromatic carbocycles. The molecule has 0 saturated heterocycles. The van der Waals surface area contributed by atoms with Crippen molar-refractivity contribution < 1.29 is 4.74 Å². The van der Waals surface area contributed by atoms with Crippen LogP contribution in [0.3, 0.4) is 0 Å². The number of hydrogen-bond donors (Lipinski definition) is 1. The molecule has 3 heteroatoms.